The van der Waals surface area contributed by atoms with Gasteiger partial charge >= 0.3 is 12.0 Å². The summed E-state index contributed by atoms with van der Waals surface area (Å²) in [5.74, 6) is -1.42. The summed E-state index contributed by atoms with van der Waals surface area (Å²) in [5.41, 5.74) is 0.533. The number of amides is 2. The maximum atomic E-state index is 14.3. The highest BCUT2D eigenvalue weighted by Gasteiger charge is 2.43. The molecule has 0 spiro atoms. The highest BCUT2D eigenvalue weighted by molar-refractivity contribution is 7.91. The van der Waals surface area contributed by atoms with Gasteiger partial charge < -0.3 is 10.1 Å². The van der Waals surface area contributed by atoms with Crippen molar-refractivity contribution in [2.75, 3.05) is 18.1 Å². The summed E-state index contributed by atoms with van der Waals surface area (Å²) in [6.45, 7) is 3.32. The maximum Gasteiger partial charge on any atom is 0.338 e. The average molecular weight is 396 g/mol. The zero-order valence-corrected chi connectivity index (χ0v) is 15.9. The molecule has 146 valence electrons. The number of hydrogen-bond acceptors (Lipinski definition) is 5. The minimum atomic E-state index is -3.23. The van der Waals surface area contributed by atoms with E-state index in [1.165, 1.54) is 23.1 Å². The molecule has 1 aromatic rings. The molecule has 0 bridgehead atoms. The summed E-state index contributed by atoms with van der Waals surface area (Å²) in [4.78, 5) is 26.6. The van der Waals surface area contributed by atoms with Gasteiger partial charge in [0.1, 0.15) is 5.82 Å². The Morgan fingerprint density at radius 2 is 2.07 bits per heavy atom. The van der Waals surface area contributed by atoms with Crippen LogP contribution in [0, 0.1) is 5.82 Å². The van der Waals surface area contributed by atoms with Crippen LogP contribution in [0.25, 0.3) is 0 Å². The Labute approximate surface area is 157 Å². The van der Waals surface area contributed by atoms with Gasteiger partial charge in [-0.25, -0.2) is 22.4 Å². The van der Waals surface area contributed by atoms with E-state index >= 15 is 0 Å². The molecule has 2 atom stereocenters. The SMILES string of the molecule is CCOC(=O)C1=C(C)N([C@H]2CCS(=O)(=O)C2)C(=O)N[C@H]1c1ccccc1F. The van der Waals surface area contributed by atoms with Crippen LogP contribution >= 0.6 is 0 Å². The third kappa shape index (κ3) is 3.69. The zero-order valence-electron chi connectivity index (χ0n) is 15.1. The second kappa shape index (κ2) is 7.30. The molecule has 2 aliphatic heterocycles. The Hall–Kier alpha value is -2.42. The van der Waals surface area contributed by atoms with Gasteiger partial charge in [0.15, 0.2) is 9.84 Å². The van der Waals surface area contributed by atoms with E-state index in [1.807, 2.05) is 0 Å². The molecular formula is C18H21FN2O5S. The number of nitrogens with one attached hydrogen (secondary N) is 1. The van der Waals surface area contributed by atoms with Gasteiger partial charge in [-0.1, -0.05) is 18.2 Å². The van der Waals surface area contributed by atoms with Crippen LogP contribution in [0.5, 0.6) is 0 Å². The lowest BCUT2D eigenvalue weighted by molar-refractivity contribution is -0.139. The van der Waals surface area contributed by atoms with Crippen LogP contribution in [0.15, 0.2) is 35.5 Å². The Kier molecular flexibility index (Phi) is 5.23. The van der Waals surface area contributed by atoms with Gasteiger partial charge in [0.25, 0.3) is 0 Å². The number of sulfone groups is 1. The van der Waals surface area contributed by atoms with Crippen molar-refractivity contribution in [1.82, 2.24) is 10.2 Å². The van der Waals surface area contributed by atoms with E-state index in [-0.39, 0.29) is 41.4 Å². The number of allylic oxidation sites excluding steroid dienone is 1. The number of urea groups is 1. The summed E-state index contributed by atoms with van der Waals surface area (Å²) in [5, 5.41) is 2.64. The van der Waals surface area contributed by atoms with Crippen LogP contribution in [0.3, 0.4) is 0 Å². The van der Waals surface area contributed by atoms with Crippen LogP contribution in [0.2, 0.25) is 0 Å². The normalized spacial score (nSPS) is 24.7. The predicted octanol–water partition coefficient (Wildman–Crippen LogP) is 1.92. The second-order valence-corrected chi connectivity index (χ2v) is 8.78. The van der Waals surface area contributed by atoms with Gasteiger partial charge in [-0.2, -0.15) is 0 Å². The van der Waals surface area contributed by atoms with Crippen LogP contribution in [-0.4, -0.2) is 49.5 Å². The summed E-state index contributed by atoms with van der Waals surface area (Å²) in [6.07, 6.45) is 0.285. The summed E-state index contributed by atoms with van der Waals surface area (Å²) in [6, 6.07) is 3.72. The van der Waals surface area contributed by atoms with Gasteiger partial charge in [-0.3, -0.25) is 4.90 Å². The van der Waals surface area contributed by atoms with Crippen molar-refractivity contribution in [2.45, 2.75) is 32.4 Å². The number of halogens is 1. The maximum absolute atomic E-state index is 14.3. The number of carbonyl (C=O) groups excluding carboxylic acids is 2. The molecule has 1 fully saturated rings. The van der Waals surface area contributed by atoms with Crippen molar-refractivity contribution in [2.24, 2.45) is 0 Å². The average Bonchev–Trinajstić information content (AvgIpc) is 2.94. The molecule has 0 radical (unpaired) electrons. The number of nitrogens with zero attached hydrogens (tertiary/aromatic N) is 1. The Morgan fingerprint density at radius 1 is 1.37 bits per heavy atom. The number of carbonyl (C=O) groups is 2. The van der Waals surface area contributed by atoms with E-state index in [1.54, 1.807) is 19.9 Å². The molecule has 7 nitrogen and oxygen atoms in total. The fourth-order valence-corrected chi connectivity index (χ4v) is 5.29. The van der Waals surface area contributed by atoms with Crippen molar-refractivity contribution >= 4 is 21.8 Å². The molecule has 2 amide bonds. The summed E-state index contributed by atoms with van der Waals surface area (Å²) >= 11 is 0. The Bertz CT molecular complexity index is 912. The molecule has 0 aromatic heterocycles. The number of rotatable bonds is 4. The highest BCUT2D eigenvalue weighted by atomic mass is 32.2. The largest absolute Gasteiger partial charge is 0.463 e. The van der Waals surface area contributed by atoms with Gasteiger partial charge in [0.2, 0.25) is 0 Å². The topological polar surface area (TPSA) is 92.8 Å². The van der Waals surface area contributed by atoms with Gasteiger partial charge in [-0.15, -0.1) is 0 Å². The fourth-order valence-electron chi connectivity index (χ4n) is 3.59. The molecule has 27 heavy (non-hydrogen) atoms. The summed E-state index contributed by atoms with van der Waals surface area (Å²) < 4.78 is 43.1. The first-order chi connectivity index (χ1) is 12.7. The standard InChI is InChI=1S/C18H21FN2O5S/c1-3-26-17(22)15-11(2)21(12-8-9-27(24,25)10-12)18(23)20-16(15)13-6-4-5-7-14(13)19/h4-7,12,16H,3,8-10H2,1-2H3,(H,20,23)/t12-,16-/m0/s1. The molecule has 0 unspecified atom stereocenters. The molecule has 1 N–H and O–H groups in total. The third-order valence-corrected chi connectivity index (χ3v) is 6.56. The molecule has 2 heterocycles. The molecule has 3 rings (SSSR count). The molecular weight excluding hydrogens is 375 g/mol. The van der Waals surface area contributed by atoms with Gasteiger partial charge in [-0.05, 0) is 26.3 Å². The zero-order chi connectivity index (χ0) is 19.8. The van der Waals surface area contributed by atoms with Gasteiger partial charge in [0.05, 0.1) is 35.8 Å². The lowest BCUT2D eigenvalue weighted by atomic mass is 9.94. The first kappa shape index (κ1) is 19.3. The van der Waals surface area contributed by atoms with Crippen LogP contribution < -0.4 is 5.32 Å². The van der Waals surface area contributed by atoms with E-state index in [0.29, 0.717) is 0 Å². The van der Waals surface area contributed by atoms with Crippen molar-refractivity contribution in [3.63, 3.8) is 0 Å². The molecule has 0 saturated carbocycles. The molecule has 1 saturated heterocycles. The quantitative estimate of drug-likeness (QED) is 0.785. The minimum Gasteiger partial charge on any atom is -0.463 e. The lowest BCUT2D eigenvalue weighted by Crippen LogP contribution is -2.52. The monoisotopic (exact) mass is 396 g/mol. The smallest absolute Gasteiger partial charge is 0.338 e. The highest BCUT2D eigenvalue weighted by Crippen LogP contribution is 2.35. The van der Waals surface area contributed by atoms with Crippen molar-refractivity contribution < 1.29 is 27.1 Å². The molecule has 2 aliphatic rings. The van der Waals surface area contributed by atoms with Crippen LogP contribution in [0.1, 0.15) is 31.9 Å². The van der Waals surface area contributed by atoms with Gasteiger partial charge in [0, 0.05) is 11.3 Å². The van der Waals surface area contributed by atoms with E-state index in [2.05, 4.69) is 5.32 Å². The first-order valence-corrected chi connectivity index (χ1v) is 10.5. The lowest BCUT2D eigenvalue weighted by Gasteiger charge is -2.38. The number of benzene rings is 1. The fraction of sp³-hybridized carbons (Fsp3) is 0.444. The Morgan fingerprint density at radius 3 is 2.67 bits per heavy atom. The molecule has 1 aromatic carbocycles. The van der Waals surface area contributed by atoms with Crippen LogP contribution in [0.4, 0.5) is 9.18 Å². The molecule has 0 aliphatic carbocycles. The van der Waals surface area contributed by atoms with E-state index in [4.69, 9.17) is 4.74 Å². The Balaban J connectivity index is 2.08. The van der Waals surface area contributed by atoms with Crippen molar-refractivity contribution in [3.8, 4) is 0 Å². The minimum absolute atomic E-state index is 0.0137. The van der Waals surface area contributed by atoms with Crippen molar-refractivity contribution in [3.05, 3.63) is 46.9 Å². The van der Waals surface area contributed by atoms with E-state index in [0.717, 1.165) is 0 Å². The van der Waals surface area contributed by atoms with Crippen LogP contribution in [-0.2, 0) is 19.4 Å². The predicted molar refractivity (Wildman–Crippen MR) is 95.9 cm³/mol. The molecule has 9 heteroatoms. The summed E-state index contributed by atoms with van der Waals surface area (Å²) in [7, 11) is -3.23. The van der Waals surface area contributed by atoms with E-state index < -0.39 is 39.7 Å². The number of esters is 1. The second-order valence-electron chi connectivity index (χ2n) is 6.55. The number of hydrogen-bond donors (Lipinski definition) is 1. The first-order valence-electron chi connectivity index (χ1n) is 8.67. The third-order valence-electron chi connectivity index (χ3n) is 4.81. The number of ether oxygens (including phenoxy) is 1. The van der Waals surface area contributed by atoms with E-state index in [9.17, 15) is 22.4 Å². The van der Waals surface area contributed by atoms with Crippen molar-refractivity contribution in [1.29, 1.82) is 0 Å².